The van der Waals surface area contributed by atoms with Gasteiger partial charge >= 0.3 is 5.97 Å². The van der Waals surface area contributed by atoms with Gasteiger partial charge in [0.1, 0.15) is 0 Å². The molecular weight excluding hydrogens is 282 g/mol. The average molecular weight is 296 g/mol. The van der Waals surface area contributed by atoms with Crippen molar-refractivity contribution in [3.05, 3.63) is 35.2 Å². The molecule has 106 valence electrons. The molecule has 1 aromatic carbocycles. The Morgan fingerprint density at radius 2 is 2.10 bits per heavy atom. The van der Waals surface area contributed by atoms with Crippen LogP contribution in [0.4, 0.5) is 0 Å². The van der Waals surface area contributed by atoms with Crippen LogP contribution in [-0.4, -0.2) is 27.8 Å². The fraction of sp³-hybridized carbons (Fsp3) is 0.308. The van der Waals surface area contributed by atoms with Gasteiger partial charge in [-0.05, 0) is 37.2 Å². The summed E-state index contributed by atoms with van der Waals surface area (Å²) in [4.78, 5) is 14.6. The first kappa shape index (κ1) is 14.5. The molecule has 0 saturated carbocycles. The highest BCUT2D eigenvalue weighted by Crippen LogP contribution is 2.18. The molecule has 0 spiro atoms. The van der Waals surface area contributed by atoms with Gasteiger partial charge in [-0.15, -0.1) is 0 Å². The van der Waals surface area contributed by atoms with Crippen molar-refractivity contribution < 1.29 is 14.4 Å². The summed E-state index contributed by atoms with van der Waals surface area (Å²) in [6.07, 6.45) is 0.709. The van der Waals surface area contributed by atoms with Gasteiger partial charge in [-0.1, -0.05) is 16.8 Å². The molecule has 0 aliphatic heterocycles. The van der Waals surface area contributed by atoms with Crippen molar-refractivity contribution in [1.29, 1.82) is 0 Å². The van der Waals surface area contributed by atoms with Gasteiger partial charge in [0, 0.05) is 17.0 Å². The molecule has 20 heavy (non-hydrogen) atoms. The fourth-order valence-electron chi connectivity index (χ4n) is 1.60. The summed E-state index contributed by atoms with van der Waals surface area (Å²) in [6, 6.07) is 7.16. The number of carbonyl (C=O) groups is 1. The minimum Gasteiger partial charge on any atom is -0.481 e. The molecule has 0 saturated heterocycles. The first-order valence-electron chi connectivity index (χ1n) is 6.16. The van der Waals surface area contributed by atoms with Crippen LogP contribution in [-0.2, 0) is 11.3 Å². The van der Waals surface area contributed by atoms with E-state index in [9.17, 15) is 4.79 Å². The van der Waals surface area contributed by atoms with Crippen LogP contribution in [0.5, 0.6) is 0 Å². The van der Waals surface area contributed by atoms with Gasteiger partial charge < -0.3 is 14.9 Å². The summed E-state index contributed by atoms with van der Waals surface area (Å²) in [6.45, 7) is 1.01. The van der Waals surface area contributed by atoms with Gasteiger partial charge in [-0.25, -0.2) is 0 Å². The molecule has 0 atom stereocenters. The highest BCUT2D eigenvalue weighted by Gasteiger charge is 2.08. The first-order chi connectivity index (χ1) is 9.65. The van der Waals surface area contributed by atoms with Crippen molar-refractivity contribution in [2.75, 3.05) is 6.54 Å². The molecule has 1 heterocycles. The summed E-state index contributed by atoms with van der Waals surface area (Å²) in [7, 11) is 0. The minimum absolute atomic E-state index is 0.146. The van der Waals surface area contributed by atoms with E-state index in [0.717, 1.165) is 5.56 Å². The molecule has 0 aliphatic rings. The lowest BCUT2D eigenvalue weighted by Gasteiger charge is -1.98. The molecule has 1 aromatic heterocycles. The highest BCUT2D eigenvalue weighted by atomic mass is 35.5. The van der Waals surface area contributed by atoms with E-state index in [1.54, 1.807) is 12.1 Å². The van der Waals surface area contributed by atoms with E-state index in [1.165, 1.54) is 0 Å². The topological polar surface area (TPSA) is 88.2 Å². The van der Waals surface area contributed by atoms with E-state index in [4.69, 9.17) is 21.2 Å². The second kappa shape index (κ2) is 7.02. The molecule has 0 fully saturated rings. The Balaban J connectivity index is 1.83. The van der Waals surface area contributed by atoms with Gasteiger partial charge in [0.2, 0.25) is 11.7 Å². The van der Waals surface area contributed by atoms with Crippen LogP contribution in [0.15, 0.2) is 28.8 Å². The number of benzene rings is 1. The molecule has 0 unspecified atom stereocenters. The maximum Gasteiger partial charge on any atom is 0.303 e. The molecular formula is C13H14ClN3O3. The number of aromatic nitrogens is 2. The predicted molar refractivity (Wildman–Crippen MR) is 73.3 cm³/mol. The maximum atomic E-state index is 10.3. The summed E-state index contributed by atoms with van der Waals surface area (Å²) in [5, 5.41) is 16.1. The van der Waals surface area contributed by atoms with Crippen molar-refractivity contribution >= 4 is 17.6 Å². The number of rotatable bonds is 7. The third kappa shape index (κ3) is 4.32. The van der Waals surface area contributed by atoms with Crippen molar-refractivity contribution in [2.24, 2.45) is 0 Å². The van der Waals surface area contributed by atoms with E-state index in [-0.39, 0.29) is 6.42 Å². The zero-order chi connectivity index (χ0) is 14.4. The maximum absolute atomic E-state index is 10.3. The van der Waals surface area contributed by atoms with Crippen LogP contribution in [0.1, 0.15) is 18.7 Å². The Hall–Kier alpha value is -1.92. The number of aliphatic carboxylic acids is 1. The second-order valence-corrected chi connectivity index (χ2v) is 4.63. The second-order valence-electron chi connectivity index (χ2n) is 4.19. The third-order valence-corrected chi connectivity index (χ3v) is 2.84. The molecule has 0 bridgehead atoms. The Morgan fingerprint density at radius 3 is 2.80 bits per heavy atom. The van der Waals surface area contributed by atoms with Crippen LogP contribution in [0.25, 0.3) is 11.4 Å². The minimum atomic E-state index is -0.797. The van der Waals surface area contributed by atoms with Gasteiger partial charge in [-0.2, -0.15) is 4.98 Å². The molecule has 0 amide bonds. The largest absolute Gasteiger partial charge is 0.481 e. The SMILES string of the molecule is O=C(O)CCCNCc1nc(-c2ccc(Cl)cc2)no1. The highest BCUT2D eigenvalue weighted by molar-refractivity contribution is 6.30. The molecule has 2 rings (SSSR count). The quantitative estimate of drug-likeness (QED) is 0.762. The first-order valence-corrected chi connectivity index (χ1v) is 6.54. The molecule has 7 heteroatoms. The number of carboxylic acids is 1. The zero-order valence-electron chi connectivity index (χ0n) is 10.7. The van der Waals surface area contributed by atoms with Crippen molar-refractivity contribution in [3.63, 3.8) is 0 Å². The van der Waals surface area contributed by atoms with Gasteiger partial charge in [0.05, 0.1) is 6.54 Å². The number of nitrogens with one attached hydrogen (secondary N) is 1. The number of nitrogens with zero attached hydrogens (tertiary/aromatic N) is 2. The summed E-state index contributed by atoms with van der Waals surface area (Å²) in [5.41, 5.74) is 0.829. The number of carboxylic acid groups (broad SMARTS) is 1. The molecule has 6 nitrogen and oxygen atoms in total. The summed E-state index contributed by atoms with van der Waals surface area (Å²) in [5.74, 6) is 0.170. The smallest absolute Gasteiger partial charge is 0.303 e. The zero-order valence-corrected chi connectivity index (χ0v) is 11.4. The average Bonchev–Trinajstić information content (AvgIpc) is 2.87. The lowest BCUT2D eigenvalue weighted by molar-refractivity contribution is -0.137. The Kier molecular flexibility index (Phi) is 5.09. The number of halogens is 1. The number of hydrogen-bond acceptors (Lipinski definition) is 5. The van der Waals surface area contributed by atoms with E-state index in [1.807, 2.05) is 12.1 Å². The van der Waals surface area contributed by atoms with Crippen molar-refractivity contribution in [1.82, 2.24) is 15.5 Å². The standard InChI is InChI=1S/C13H14ClN3O3/c14-10-5-3-9(4-6-10)13-16-11(20-17-13)8-15-7-1-2-12(18)19/h3-6,15H,1-2,7-8H2,(H,18,19). The molecule has 0 radical (unpaired) electrons. The van der Waals surface area contributed by atoms with Gasteiger partial charge in [0.25, 0.3) is 0 Å². The van der Waals surface area contributed by atoms with Crippen LogP contribution in [0, 0.1) is 0 Å². The van der Waals surface area contributed by atoms with Crippen molar-refractivity contribution in [2.45, 2.75) is 19.4 Å². The van der Waals surface area contributed by atoms with E-state index >= 15 is 0 Å². The summed E-state index contributed by atoms with van der Waals surface area (Å²) < 4.78 is 5.10. The number of hydrogen-bond donors (Lipinski definition) is 2. The van der Waals surface area contributed by atoms with Gasteiger partial charge in [0.15, 0.2) is 0 Å². The molecule has 2 N–H and O–H groups in total. The van der Waals surface area contributed by atoms with E-state index < -0.39 is 5.97 Å². The van der Waals surface area contributed by atoms with E-state index in [2.05, 4.69) is 15.5 Å². The third-order valence-electron chi connectivity index (χ3n) is 2.59. The fourth-order valence-corrected chi connectivity index (χ4v) is 1.73. The Morgan fingerprint density at radius 1 is 1.35 bits per heavy atom. The lowest BCUT2D eigenvalue weighted by atomic mass is 10.2. The molecule has 0 aliphatic carbocycles. The lowest BCUT2D eigenvalue weighted by Crippen LogP contribution is -2.15. The van der Waals surface area contributed by atoms with Crippen LogP contribution < -0.4 is 5.32 Å². The Bertz CT molecular complexity index is 568. The van der Waals surface area contributed by atoms with Crippen molar-refractivity contribution in [3.8, 4) is 11.4 Å². The van der Waals surface area contributed by atoms with Crippen LogP contribution in [0.3, 0.4) is 0 Å². The van der Waals surface area contributed by atoms with Crippen LogP contribution >= 0.6 is 11.6 Å². The van der Waals surface area contributed by atoms with Crippen LogP contribution in [0.2, 0.25) is 5.02 Å². The summed E-state index contributed by atoms with van der Waals surface area (Å²) >= 11 is 5.81. The normalized spacial score (nSPS) is 10.7. The Labute approximate surface area is 120 Å². The predicted octanol–water partition coefficient (Wildman–Crippen LogP) is 2.34. The molecule has 2 aromatic rings. The van der Waals surface area contributed by atoms with Gasteiger partial charge in [-0.3, -0.25) is 4.79 Å². The monoisotopic (exact) mass is 295 g/mol. The van der Waals surface area contributed by atoms with E-state index in [0.29, 0.717) is 36.2 Å².